The van der Waals surface area contributed by atoms with E-state index in [0.717, 1.165) is 12.8 Å². The first-order valence-corrected chi connectivity index (χ1v) is 5.45. The summed E-state index contributed by atoms with van der Waals surface area (Å²) in [7, 11) is 0. The molecule has 1 aliphatic heterocycles. The van der Waals surface area contributed by atoms with Gasteiger partial charge < -0.3 is 10.0 Å². The van der Waals surface area contributed by atoms with E-state index in [2.05, 4.69) is 0 Å². The van der Waals surface area contributed by atoms with Gasteiger partial charge in [-0.1, -0.05) is 11.6 Å². The fourth-order valence-corrected chi connectivity index (χ4v) is 2.23. The van der Waals surface area contributed by atoms with Crippen LogP contribution >= 0.6 is 11.6 Å². The largest absolute Gasteiger partial charge is 0.478 e. The van der Waals surface area contributed by atoms with Crippen LogP contribution in [0.2, 0.25) is 5.02 Å². The highest BCUT2D eigenvalue weighted by molar-refractivity contribution is 6.34. The van der Waals surface area contributed by atoms with E-state index in [0.29, 0.717) is 13.1 Å². The number of carbonyl (C=O) groups is 1. The summed E-state index contributed by atoms with van der Waals surface area (Å²) in [4.78, 5) is 12.8. The summed E-state index contributed by atoms with van der Waals surface area (Å²) in [5, 5.41) is 9.13. The Hall–Kier alpha value is -1.29. The predicted molar refractivity (Wildman–Crippen MR) is 59.8 cm³/mol. The second kappa shape index (κ2) is 4.29. The first-order chi connectivity index (χ1) is 7.61. The minimum Gasteiger partial charge on any atom is -0.478 e. The van der Waals surface area contributed by atoms with Gasteiger partial charge in [-0.25, -0.2) is 9.18 Å². The molecular weight excluding hydrogens is 233 g/mol. The number of aromatic carboxylic acids is 1. The van der Waals surface area contributed by atoms with Crippen LogP contribution < -0.4 is 4.90 Å². The van der Waals surface area contributed by atoms with Crippen molar-refractivity contribution in [3.63, 3.8) is 0 Å². The first-order valence-electron chi connectivity index (χ1n) is 5.07. The predicted octanol–water partition coefficient (Wildman–Crippen LogP) is 2.78. The molecule has 0 amide bonds. The van der Waals surface area contributed by atoms with E-state index in [-0.39, 0.29) is 16.3 Å². The minimum absolute atomic E-state index is 0.0794. The number of halogens is 2. The van der Waals surface area contributed by atoms with Gasteiger partial charge in [0.2, 0.25) is 0 Å². The second-order valence-corrected chi connectivity index (χ2v) is 4.16. The van der Waals surface area contributed by atoms with Crippen LogP contribution in [0.15, 0.2) is 12.1 Å². The van der Waals surface area contributed by atoms with Crippen LogP contribution in [0.4, 0.5) is 10.1 Å². The van der Waals surface area contributed by atoms with Crippen LogP contribution in [0.3, 0.4) is 0 Å². The van der Waals surface area contributed by atoms with Crippen molar-refractivity contribution >= 4 is 23.3 Å². The number of hydrogen-bond donors (Lipinski definition) is 1. The molecule has 1 N–H and O–H groups in total. The molecule has 0 aliphatic carbocycles. The van der Waals surface area contributed by atoms with E-state index < -0.39 is 11.8 Å². The maximum absolute atomic E-state index is 13.7. The Labute approximate surface area is 97.4 Å². The van der Waals surface area contributed by atoms with E-state index in [1.54, 1.807) is 4.90 Å². The highest BCUT2D eigenvalue weighted by Gasteiger charge is 2.25. The molecule has 0 bridgehead atoms. The third kappa shape index (κ3) is 1.85. The van der Waals surface area contributed by atoms with Crippen molar-refractivity contribution in [1.29, 1.82) is 0 Å². The summed E-state index contributed by atoms with van der Waals surface area (Å²) < 4.78 is 13.7. The monoisotopic (exact) mass is 243 g/mol. The van der Waals surface area contributed by atoms with Gasteiger partial charge in [0.1, 0.15) is 11.4 Å². The van der Waals surface area contributed by atoms with Gasteiger partial charge in [-0.3, -0.25) is 0 Å². The molecule has 0 saturated carbocycles. The molecule has 1 heterocycles. The molecule has 1 aliphatic rings. The molecule has 0 unspecified atom stereocenters. The van der Waals surface area contributed by atoms with Gasteiger partial charge in [0.15, 0.2) is 0 Å². The van der Waals surface area contributed by atoms with E-state index in [4.69, 9.17) is 16.7 Å². The Morgan fingerprint density at radius 1 is 1.38 bits per heavy atom. The van der Waals surface area contributed by atoms with Crippen molar-refractivity contribution < 1.29 is 14.3 Å². The van der Waals surface area contributed by atoms with Gasteiger partial charge in [-0.15, -0.1) is 0 Å². The average molecular weight is 244 g/mol. The lowest BCUT2D eigenvalue weighted by Crippen LogP contribution is -2.22. The molecule has 5 heteroatoms. The number of hydrogen-bond acceptors (Lipinski definition) is 2. The molecule has 1 saturated heterocycles. The number of anilines is 1. The molecule has 2 rings (SSSR count). The summed E-state index contributed by atoms with van der Waals surface area (Å²) >= 11 is 5.80. The number of benzene rings is 1. The highest BCUT2D eigenvalue weighted by Crippen LogP contribution is 2.32. The molecule has 16 heavy (non-hydrogen) atoms. The van der Waals surface area contributed by atoms with E-state index >= 15 is 0 Å². The number of rotatable bonds is 2. The van der Waals surface area contributed by atoms with E-state index in [9.17, 15) is 9.18 Å². The van der Waals surface area contributed by atoms with Crippen molar-refractivity contribution in [2.75, 3.05) is 18.0 Å². The standard InChI is InChI=1S/C11H11ClFNO2/c12-7-3-4-8(13)10(9(7)11(15)16)14-5-1-2-6-14/h3-4H,1-2,5-6H2,(H,15,16). The van der Waals surface area contributed by atoms with Crippen LogP contribution in [-0.2, 0) is 0 Å². The number of carboxylic acids is 1. The molecule has 1 fully saturated rings. The fourth-order valence-electron chi connectivity index (χ4n) is 1.99. The van der Waals surface area contributed by atoms with E-state index in [1.165, 1.54) is 12.1 Å². The van der Waals surface area contributed by atoms with Gasteiger partial charge in [0, 0.05) is 13.1 Å². The lowest BCUT2D eigenvalue weighted by atomic mass is 10.1. The van der Waals surface area contributed by atoms with Gasteiger partial charge >= 0.3 is 5.97 Å². The van der Waals surface area contributed by atoms with Crippen LogP contribution in [0, 0.1) is 5.82 Å². The van der Waals surface area contributed by atoms with E-state index in [1.807, 2.05) is 0 Å². The van der Waals surface area contributed by atoms with Crippen molar-refractivity contribution in [2.24, 2.45) is 0 Å². The quantitative estimate of drug-likeness (QED) is 0.868. The molecule has 0 aromatic heterocycles. The average Bonchev–Trinajstić information content (AvgIpc) is 2.73. The summed E-state index contributed by atoms with van der Waals surface area (Å²) in [5.74, 6) is -1.71. The molecule has 1 aromatic rings. The fraction of sp³-hybridized carbons (Fsp3) is 0.364. The molecule has 1 aromatic carbocycles. The van der Waals surface area contributed by atoms with Crippen molar-refractivity contribution in [2.45, 2.75) is 12.8 Å². The zero-order chi connectivity index (χ0) is 11.7. The Balaban J connectivity index is 2.55. The molecule has 0 atom stereocenters. The van der Waals surface area contributed by atoms with Gasteiger partial charge in [0.05, 0.1) is 10.7 Å². The highest BCUT2D eigenvalue weighted by atomic mass is 35.5. The molecule has 0 spiro atoms. The number of nitrogens with zero attached hydrogens (tertiary/aromatic N) is 1. The summed E-state index contributed by atoms with van der Waals surface area (Å²) in [6.45, 7) is 1.36. The van der Waals surface area contributed by atoms with Gasteiger partial charge in [0.25, 0.3) is 0 Å². The van der Waals surface area contributed by atoms with Crippen LogP contribution in [0.1, 0.15) is 23.2 Å². The lowest BCUT2D eigenvalue weighted by molar-refractivity contribution is 0.0697. The van der Waals surface area contributed by atoms with Crippen LogP contribution in [0.25, 0.3) is 0 Å². The third-order valence-corrected chi connectivity index (χ3v) is 3.03. The van der Waals surface area contributed by atoms with Crippen molar-refractivity contribution in [3.8, 4) is 0 Å². The Morgan fingerprint density at radius 2 is 2.00 bits per heavy atom. The number of carboxylic acid groups (broad SMARTS) is 1. The first kappa shape index (κ1) is 11.2. The second-order valence-electron chi connectivity index (χ2n) is 3.75. The zero-order valence-corrected chi connectivity index (χ0v) is 9.30. The minimum atomic E-state index is -1.19. The van der Waals surface area contributed by atoms with Crippen LogP contribution in [0.5, 0.6) is 0 Å². The Morgan fingerprint density at radius 3 is 2.56 bits per heavy atom. The Kier molecular flexibility index (Phi) is 3.01. The summed E-state index contributed by atoms with van der Waals surface area (Å²) in [6, 6.07) is 2.49. The van der Waals surface area contributed by atoms with Gasteiger partial charge in [-0.05, 0) is 25.0 Å². The van der Waals surface area contributed by atoms with Crippen molar-refractivity contribution in [3.05, 3.63) is 28.5 Å². The lowest BCUT2D eigenvalue weighted by Gasteiger charge is -2.21. The van der Waals surface area contributed by atoms with Crippen LogP contribution in [-0.4, -0.2) is 24.2 Å². The third-order valence-electron chi connectivity index (χ3n) is 2.71. The Bertz CT molecular complexity index is 430. The van der Waals surface area contributed by atoms with Crippen molar-refractivity contribution in [1.82, 2.24) is 0 Å². The molecule has 0 radical (unpaired) electrons. The molecular formula is C11H11ClFNO2. The topological polar surface area (TPSA) is 40.5 Å². The van der Waals surface area contributed by atoms with Gasteiger partial charge in [-0.2, -0.15) is 0 Å². The smallest absolute Gasteiger partial charge is 0.339 e. The zero-order valence-electron chi connectivity index (χ0n) is 8.54. The molecule has 86 valence electrons. The SMILES string of the molecule is O=C(O)c1c(Cl)ccc(F)c1N1CCCC1. The molecule has 3 nitrogen and oxygen atoms in total. The maximum atomic E-state index is 13.7. The normalized spacial score (nSPS) is 15.5. The maximum Gasteiger partial charge on any atom is 0.339 e. The summed E-state index contributed by atoms with van der Waals surface area (Å²) in [6.07, 6.45) is 1.90. The summed E-state index contributed by atoms with van der Waals surface area (Å²) in [5.41, 5.74) is -0.0129.